The van der Waals surface area contributed by atoms with Crippen molar-refractivity contribution in [1.29, 1.82) is 0 Å². The fourth-order valence-electron chi connectivity index (χ4n) is 6.31. The van der Waals surface area contributed by atoms with Crippen LogP contribution in [0.5, 0.6) is 0 Å². The second-order valence-corrected chi connectivity index (χ2v) is 20.1. The van der Waals surface area contributed by atoms with E-state index in [9.17, 15) is 0 Å². The van der Waals surface area contributed by atoms with Gasteiger partial charge in [0.1, 0.15) is 5.58 Å². The number of benzene rings is 4. The van der Waals surface area contributed by atoms with Gasteiger partial charge in [-0.3, -0.25) is 4.52 Å². The third-order valence-electron chi connectivity index (χ3n) is 9.38. The highest BCUT2D eigenvalue weighted by Crippen LogP contribution is 2.44. The molecule has 5 aromatic rings. The Bertz CT molecular complexity index is 1950. The Labute approximate surface area is 309 Å². The number of fused-ring (bicyclic) bond motifs is 3. The zero-order valence-corrected chi connectivity index (χ0v) is 34.5. The molecule has 5 rings (SSSR count). The van der Waals surface area contributed by atoms with Gasteiger partial charge in [-0.2, -0.15) is 0 Å². The average molecular weight is 725 g/mol. The molecule has 4 nitrogen and oxygen atoms in total. The van der Waals surface area contributed by atoms with Gasteiger partial charge in [-0.1, -0.05) is 136 Å². The van der Waals surface area contributed by atoms with Crippen molar-refractivity contribution in [2.24, 2.45) is 0 Å². The summed E-state index contributed by atoms with van der Waals surface area (Å²) in [6, 6.07) is 30.9. The van der Waals surface area contributed by atoms with E-state index in [0.29, 0.717) is 13.2 Å². The number of ether oxygens (including phenoxy) is 1. The molecular weight excluding hydrogens is 666 g/mol. The van der Waals surface area contributed by atoms with Gasteiger partial charge >= 0.3 is 8.24 Å². The molecule has 1 heterocycles. The Kier molecular flexibility index (Phi) is 12.2. The highest BCUT2D eigenvalue weighted by Gasteiger charge is 2.27. The van der Waals surface area contributed by atoms with Crippen LogP contribution >= 0.6 is 16.2 Å². The molecule has 0 fully saturated rings. The quantitative estimate of drug-likeness (QED) is 0.127. The van der Waals surface area contributed by atoms with Crippen LogP contribution in [-0.4, -0.2) is 25.5 Å². The summed E-state index contributed by atoms with van der Waals surface area (Å²) in [6.07, 6.45) is 1.73. The first-order valence-electron chi connectivity index (χ1n) is 18.3. The Balaban J connectivity index is 1.64. The van der Waals surface area contributed by atoms with Gasteiger partial charge in [-0.25, -0.2) is 0 Å². The molecule has 0 aliphatic carbocycles. The molecule has 4 aromatic carbocycles. The Morgan fingerprint density at radius 3 is 1.73 bits per heavy atom. The molecule has 1 aromatic heterocycles. The van der Waals surface area contributed by atoms with Gasteiger partial charge in [0.25, 0.3) is 0 Å². The topological polar surface area (TPSA) is 44.7 Å². The third kappa shape index (κ3) is 9.46. The predicted octanol–water partition coefficient (Wildman–Crippen LogP) is 12.6. The van der Waals surface area contributed by atoms with E-state index >= 15 is 0 Å². The Morgan fingerprint density at radius 1 is 0.725 bits per heavy atom. The number of hydrogen-bond acceptors (Lipinski definition) is 4. The second kappa shape index (κ2) is 15.9. The average Bonchev–Trinajstić information content (AvgIpc) is 3.22. The summed E-state index contributed by atoms with van der Waals surface area (Å²) in [7, 11) is -2.37. The first-order valence-corrected chi connectivity index (χ1v) is 20.9. The van der Waals surface area contributed by atoms with Crippen molar-refractivity contribution in [2.45, 2.75) is 105 Å². The number of rotatable bonds is 11. The van der Waals surface area contributed by atoms with Crippen molar-refractivity contribution in [2.75, 3.05) is 19.4 Å². The van der Waals surface area contributed by atoms with Gasteiger partial charge in [0, 0.05) is 28.5 Å². The standard InChI is InChI=1S/C45H58O4P2/c1-13-46-34(24-25-50(35-20-16-14-17-21-35)36-22-18-15-19-23-36)30-47-51-48-41-37(31(2)3)26-32(43(4,5)6)27-38(41)39-28-33(44(7,8)9)29-40(42(39)49-51)45(10,11)12/h14-23,26-29,34H,2,13,24-25,30H2,1,3-12H3. The fraction of sp³-hybridized carbons (Fsp3) is 0.422. The highest BCUT2D eigenvalue weighted by molar-refractivity contribution is 7.73. The van der Waals surface area contributed by atoms with Gasteiger partial charge in [-0.05, 0) is 96.1 Å². The molecule has 51 heavy (non-hydrogen) atoms. The molecule has 2 atom stereocenters. The van der Waals surface area contributed by atoms with Crippen molar-refractivity contribution in [3.63, 3.8) is 0 Å². The van der Waals surface area contributed by atoms with E-state index in [2.05, 4.69) is 168 Å². The maximum atomic E-state index is 6.96. The van der Waals surface area contributed by atoms with E-state index in [1.165, 1.54) is 21.7 Å². The lowest BCUT2D eigenvalue weighted by atomic mass is 9.79. The largest absolute Gasteiger partial charge is 0.399 e. The summed E-state index contributed by atoms with van der Waals surface area (Å²) in [5.41, 5.74) is 6.85. The molecule has 0 spiro atoms. The number of hydrogen-bond donors (Lipinski definition) is 0. The molecule has 2 unspecified atom stereocenters. The van der Waals surface area contributed by atoms with E-state index in [1.54, 1.807) is 0 Å². The lowest BCUT2D eigenvalue weighted by molar-refractivity contribution is 0.0356. The van der Waals surface area contributed by atoms with E-state index in [-0.39, 0.29) is 22.3 Å². The van der Waals surface area contributed by atoms with E-state index < -0.39 is 16.2 Å². The van der Waals surface area contributed by atoms with Crippen molar-refractivity contribution >= 4 is 54.3 Å². The van der Waals surface area contributed by atoms with Crippen molar-refractivity contribution in [1.82, 2.24) is 0 Å². The summed E-state index contributed by atoms with van der Waals surface area (Å²) < 4.78 is 26.9. The van der Waals surface area contributed by atoms with Crippen LogP contribution in [0.4, 0.5) is 0 Å². The second-order valence-electron chi connectivity index (χ2n) is 16.7. The monoisotopic (exact) mass is 724 g/mol. The van der Waals surface area contributed by atoms with Gasteiger partial charge in [0.05, 0.1) is 12.7 Å². The minimum Gasteiger partial charge on any atom is -0.399 e. The normalized spacial score (nSPS) is 13.6. The third-order valence-corrected chi connectivity index (χ3v) is 12.9. The van der Waals surface area contributed by atoms with Crippen molar-refractivity contribution in [3.05, 3.63) is 114 Å². The van der Waals surface area contributed by atoms with E-state index in [0.717, 1.165) is 51.2 Å². The molecule has 272 valence electrons. The van der Waals surface area contributed by atoms with Gasteiger partial charge in [-0.15, -0.1) is 0 Å². The molecule has 0 amide bonds. The van der Waals surface area contributed by atoms with Crippen LogP contribution in [-0.2, 0) is 21.0 Å². The summed E-state index contributed by atoms with van der Waals surface area (Å²) in [5, 5.41) is 4.81. The summed E-state index contributed by atoms with van der Waals surface area (Å²) in [5.74, 6) is 0. The summed E-state index contributed by atoms with van der Waals surface area (Å²) in [4.78, 5) is 0. The molecule has 0 aliphatic rings. The Hall–Kier alpha value is -3.13. The maximum Gasteiger partial charge on any atom is 0.387 e. The van der Waals surface area contributed by atoms with Crippen LogP contribution in [0.3, 0.4) is 0 Å². The van der Waals surface area contributed by atoms with Crippen molar-refractivity contribution < 1.29 is 17.7 Å². The van der Waals surface area contributed by atoms with Gasteiger partial charge < -0.3 is 13.1 Å². The SMILES string of the molecule is C=C(C)c1cc(C(C)(C)C)cc2c1op(OCC(CCP(c1ccccc1)c1ccccc1)OCC)oc1c(C(C)(C)C)cc(C(C)(C)C)cc12. The van der Waals surface area contributed by atoms with Crippen LogP contribution < -0.4 is 15.1 Å². The maximum absolute atomic E-state index is 6.96. The predicted molar refractivity (Wildman–Crippen MR) is 223 cm³/mol. The molecule has 0 saturated heterocycles. The smallest absolute Gasteiger partial charge is 0.387 e. The van der Waals surface area contributed by atoms with Crippen LogP contribution in [0.25, 0.3) is 27.5 Å². The zero-order valence-electron chi connectivity index (χ0n) is 32.7. The van der Waals surface area contributed by atoms with Crippen LogP contribution in [0.1, 0.15) is 105 Å². The first kappa shape index (κ1) is 39.1. The Morgan fingerprint density at radius 2 is 1.24 bits per heavy atom. The lowest BCUT2D eigenvalue weighted by Crippen LogP contribution is -2.24. The van der Waals surface area contributed by atoms with Crippen LogP contribution in [0.2, 0.25) is 0 Å². The van der Waals surface area contributed by atoms with E-state index in [4.69, 9.17) is 17.7 Å². The molecule has 0 radical (unpaired) electrons. The molecular formula is C45H58O4P2. The first-order chi connectivity index (χ1) is 24.0. The molecule has 0 bridgehead atoms. The summed E-state index contributed by atoms with van der Waals surface area (Å²) in [6.45, 7) is 29.8. The number of allylic oxidation sites excluding steroid dienone is 1. The minimum atomic E-state index is -1.82. The highest BCUT2D eigenvalue weighted by atomic mass is 31.1. The van der Waals surface area contributed by atoms with Gasteiger partial charge in [0.15, 0.2) is 5.58 Å². The molecule has 0 aliphatic heterocycles. The van der Waals surface area contributed by atoms with Crippen LogP contribution in [0.15, 0.2) is 99.9 Å². The van der Waals surface area contributed by atoms with E-state index in [1.807, 2.05) is 0 Å². The molecule has 0 saturated carbocycles. The molecule has 6 heteroatoms. The zero-order chi connectivity index (χ0) is 37.1. The molecule has 0 N–H and O–H groups in total. The van der Waals surface area contributed by atoms with Crippen LogP contribution in [0, 0.1) is 0 Å². The minimum absolute atomic E-state index is 0.0635. The summed E-state index contributed by atoms with van der Waals surface area (Å²) >= 11 is 0. The van der Waals surface area contributed by atoms with Gasteiger partial charge in [0.2, 0.25) is 0 Å². The fourth-order valence-corrected chi connectivity index (χ4v) is 9.85. The van der Waals surface area contributed by atoms with Crippen molar-refractivity contribution in [3.8, 4) is 0 Å². The lowest BCUT2D eigenvalue weighted by Gasteiger charge is -2.26.